The predicted octanol–water partition coefficient (Wildman–Crippen LogP) is 3.22. The van der Waals surface area contributed by atoms with E-state index in [0.717, 1.165) is 47.9 Å². The number of hydrogen-bond donors (Lipinski definition) is 2. The first-order chi connectivity index (χ1) is 16.0. The lowest BCUT2D eigenvalue weighted by atomic mass is 9.97. The second-order valence-corrected chi connectivity index (χ2v) is 9.05. The second-order valence-electron chi connectivity index (χ2n) is 8.28. The molecule has 1 aliphatic heterocycles. The maximum Gasteiger partial charge on any atom is 0.270 e. The Morgan fingerprint density at radius 3 is 2.70 bits per heavy atom. The van der Waals surface area contributed by atoms with Gasteiger partial charge in [0, 0.05) is 25.3 Å². The summed E-state index contributed by atoms with van der Waals surface area (Å²) in [7, 11) is 0. The van der Waals surface area contributed by atoms with E-state index >= 15 is 0 Å². The number of carbonyl (C=O) groups excluding carboxylic acids is 2. The van der Waals surface area contributed by atoms with E-state index in [-0.39, 0.29) is 17.7 Å². The lowest BCUT2D eigenvalue weighted by Gasteiger charge is -2.31. The van der Waals surface area contributed by atoms with Crippen molar-refractivity contribution >= 4 is 23.6 Å². The van der Waals surface area contributed by atoms with Crippen LogP contribution >= 0.6 is 11.8 Å². The molecule has 3 aromatic rings. The predicted molar refractivity (Wildman–Crippen MR) is 130 cm³/mol. The van der Waals surface area contributed by atoms with Crippen LogP contribution in [0, 0.1) is 5.92 Å². The number of piperidine rings is 1. The van der Waals surface area contributed by atoms with Crippen LogP contribution in [-0.2, 0) is 17.9 Å². The van der Waals surface area contributed by atoms with Crippen LogP contribution in [0.2, 0.25) is 0 Å². The number of hydrogen-bond acceptors (Lipinski definition) is 5. The average Bonchev–Trinajstić information content (AvgIpc) is 3.28. The molecule has 172 valence electrons. The van der Waals surface area contributed by atoms with Gasteiger partial charge in [0.1, 0.15) is 5.69 Å². The highest BCUT2D eigenvalue weighted by Gasteiger charge is 2.24. The van der Waals surface area contributed by atoms with Gasteiger partial charge in [0.2, 0.25) is 5.91 Å². The minimum atomic E-state index is -0.212. The molecule has 2 amide bonds. The van der Waals surface area contributed by atoms with Crippen molar-refractivity contribution in [2.75, 3.05) is 19.3 Å². The summed E-state index contributed by atoms with van der Waals surface area (Å²) in [6.07, 6.45) is 5.42. The molecule has 4 rings (SSSR count). The number of imidazole rings is 1. The number of thioether (sulfide) groups is 1. The van der Waals surface area contributed by atoms with Crippen molar-refractivity contribution in [3.8, 4) is 5.69 Å². The Hall–Kier alpha value is -3.10. The molecule has 1 aliphatic rings. The Morgan fingerprint density at radius 1 is 1.15 bits per heavy atom. The molecule has 3 N–H and O–H groups in total. The Bertz CT molecular complexity index is 1110. The molecule has 0 bridgehead atoms. The zero-order valence-electron chi connectivity index (χ0n) is 18.7. The summed E-state index contributed by atoms with van der Waals surface area (Å²) in [4.78, 5) is 31.3. The number of nitrogens with two attached hydrogens (primary N) is 1. The van der Waals surface area contributed by atoms with Gasteiger partial charge in [-0.1, -0.05) is 54.2 Å². The Labute approximate surface area is 198 Å². The first kappa shape index (κ1) is 23.1. The summed E-state index contributed by atoms with van der Waals surface area (Å²) < 4.78 is 1.88. The number of nitrogens with zero attached hydrogens (tertiary/aromatic N) is 3. The first-order valence-electron chi connectivity index (χ1n) is 11.1. The number of aromatic nitrogens is 2. The van der Waals surface area contributed by atoms with Crippen LogP contribution in [0.1, 0.15) is 34.5 Å². The minimum Gasteiger partial charge on any atom is -0.369 e. The van der Waals surface area contributed by atoms with Crippen molar-refractivity contribution in [1.82, 2.24) is 19.8 Å². The maximum atomic E-state index is 13.0. The number of rotatable bonds is 8. The largest absolute Gasteiger partial charge is 0.369 e. The third kappa shape index (κ3) is 5.64. The van der Waals surface area contributed by atoms with E-state index in [1.54, 1.807) is 6.20 Å². The number of likely N-dealkylation sites (tertiary alicyclic amines) is 1. The standard InChI is InChI=1S/C25H29N5O2S/c1-33-25-28-15-22(30(25)21-10-3-2-4-11-21)24(32)27-14-18-7-5-8-19(13-18)16-29-12-6-9-20(17-29)23(26)31/h2-5,7-8,10-11,13,15,20H,6,9,12,14,16-17H2,1H3,(H2,26,31)(H,27,32). The smallest absolute Gasteiger partial charge is 0.270 e. The van der Waals surface area contributed by atoms with Crippen LogP contribution < -0.4 is 11.1 Å². The van der Waals surface area contributed by atoms with E-state index in [4.69, 9.17) is 5.73 Å². The fourth-order valence-corrected chi connectivity index (χ4v) is 4.81. The maximum absolute atomic E-state index is 13.0. The summed E-state index contributed by atoms with van der Waals surface area (Å²) in [6, 6.07) is 18.0. The topological polar surface area (TPSA) is 93.2 Å². The molecular weight excluding hydrogens is 434 g/mol. The van der Waals surface area contributed by atoms with Crippen molar-refractivity contribution < 1.29 is 9.59 Å². The molecule has 0 radical (unpaired) electrons. The lowest BCUT2D eigenvalue weighted by molar-refractivity contribution is -0.123. The monoisotopic (exact) mass is 463 g/mol. The first-order valence-corrected chi connectivity index (χ1v) is 12.3. The number of nitrogens with one attached hydrogen (secondary N) is 1. The van der Waals surface area contributed by atoms with Gasteiger partial charge < -0.3 is 11.1 Å². The van der Waals surface area contributed by atoms with Gasteiger partial charge in [0.25, 0.3) is 5.91 Å². The number of carbonyl (C=O) groups is 2. The van der Waals surface area contributed by atoms with Crippen LogP contribution in [0.4, 0.5) is 0 Å². The highest BCUT2D eigenvalue weighted by atomic mass is 32.2. The molecule has 0 aliphatic carbocycles. The fraction of sp³-hybridized carbons (Fsp3) is 0.320. The van der Waals surface area contributed by atoms with Gasteiger partial charge in [0.05, 0.1) is 12.1 Å². The van der Waals surface area contributed by atoms with Crippen LogP contribution in [0.5, 0.6) is 0 Å². The zero-order valence-corrected chi connectivity index (χ0v) is 19.6. The molecule has 1 unspecified atom stereocenters. The number of para-hydroxylation sites is 1. The van der Waals surface area contributed by atoms with Gasteiger partial charge in [-0.2, -0.15) is 0 Å². The van der Waals surface area contributed by atoms with E-state index in [2.05, 4.69) is 27.3 Å². The summed E-state index contributed by atoms with van der Waals surface area (Å²) in [6.45, 7) is 2.86. The Balaban J connectivity index is 1.42. The molecule has 1 aromatic heterocycles. The highest BCUT2D eigenvalue weighted by Crippen LogP contribution is 2.22. The molecule has 2 aromatic carbocycles. The molecule has 33 heavy (non-hydrogen) atoms. The highest BCUT2D eigenvalue weighted by molar-refractivity contribution is 7.98. The zero-order chi connectivity index (χ0) is 23.2. The third-order valence-corrected chi connectivity index (χ3v) is 6.57. The van der Waals surface area contributed by atoms with E-state index in [9.17, 15) is 9.59 Å². The third-order valence-electron chi connectivity index (χ3n) is 5.92. The average molecular weight is 464 g/mol. The summed E-state index contributed by atoms with van der Waals surface area (Å²) in [5.41, 5.74) is 9.11. The van der Waals surface area contributed by atoms with Crippen LogP contribution in [-0.4, -0.2) is 45.6 Å². The van der Waals surface area contributed by atoms with Gasteiger partial charge in [-0.25, -0.2) is 4.98 Å². The molecule has 1 fully saturated rings. The van der Waals surface area contributed by atoms with Gasteiger partial charge >= 0.3 is 0 Å². The normalized spacial score (nSPS) is 16.5. The molecule has 2 heterocycles. The number of primary amides is 1. The molecule has 1 saturated heterocycles. The lowest BCUT2D eigenvalue weighted by Crippen LogP contribution is -2.40. The van der Waals surface area contributed by atoms with E-state index < -0.39 is 0 Å². The van der Waals surface area contributed by atoms with Crippen LogP contribution in [0.25, 0.3) is 5.69 Å². The number of benzene rings is 2. The molecule has 1 atom stereocenters. The van der Waals surface area contributed by atoms with E-state index in [1.807, 2.05) is 53.3 Å². The summed E-state index contributed by atoms with van der Waals surface area (Å²) in [5, 5.41) is 3.80. The van der Waals surface area contributed by atoms with Gasteiger partial charge in [-0.05, 0) is 48.9 Å². The van der Waals surface area contributed by atoms with Crippen molar-refractivity contribution in [2.45, 2.75) is 31.1 Å². The van der Waals surface area contributed by atoms with E-state index in [1.165, 1.54) is 11.8 Å². The van der Waals surface area contributed by atoms with E-state index in [0.29, 0.717) is 18.8 Å². The number of amides is 2. The molecule has 0 spiro atoms. The van der Waals surface area contributed by atoms with Crippen LogP contribution in [0.3, 0.4) is 0 Å². The summed E-state index contributed by atoms with van der Waals surface area (Å²) >= 11 is 1.50. The summed E-state index contributed by atoms with van der Waals surface area (Å²) in [5.74, 6) is -0.449. The molecule has 0 saturated carbocycles. The van der Waals surface area contributed by atoms with Crippen molar-refractivity contribution in [3.63, 3.8) is 0 Å². The van der Waals surface area contributed by atoms with Crippen molar-refractivity contribution in [2.24, 2.45) is 11.7 Å². The quantitative estimate of drug-likeness (QED) is 0.501. The van der Waals surface area contributed by atoms with Crippen molar-refractivity contribution in [1.29, 1.82) is 0 Å². The minimum absolute atomic E-state index is 0.0677. The van der Waals surface area contributed by atoms with Crippen molar-refractivity contribution in [3.05, 3.63) is 77.6 Å². The van der Waals surface area contributed by atoms with Crippen LogP contribution in [0.15, 0.2) is 66.0 Å². The molecule has 8 heteroatoms. The SMILES string of the molecule is CSc1ncc(C(=O)NCc2cccc(CN3CCCC(C(N)=O)C3)c2)n1-c1ccccc1. The second kappa shape index (κ2) is 10.7. The van der Waals surface area contributed by atoms with Gasteiger partial charge in [0.15, 0.2) is 5.16 Å². The Morgan fingerprint density at radius 2 is 1.94 bits per heavy atom. The Kier molecular flexibility index (Phi) is 7.47. The molecule has 7 nitrogen and oxygen atoms in total. The fourth-order valence-electron chi connectivity index (χ4n) is 4.27. The van der Waals surface area contributed by atoms with Gasteiger partial charge in [-0.3, -0.25) is 19.1 Å². The molecular formula is C25H29N5O2S. The van der Waals surface area contributed by atoms with Gasteiger partial charge in [-0.15, -0.1) is 0 Å².